The number of rotatable bonds is 2. The van der Waals surface area contributed by atoms with Gasteiger partial charge in [0.25, 0.3) is 0 Å². The van der Waals surface area contributed by atoms with E-state index >= 15 is 0 Å². The zero-order valence-corrected chi connectivity index (χ0v) is 11.1. The van der Waals surface area contributed by atoms with E-state index in [0.29, 0.717) is 6.54 Å². The van der Waals surface area contributed by atoms with Crippen molar-refractivity contribution in [2.75, 3.05) is 18.0 Å². The molecule has 1 aromatic heterocycles. The molecule has 1 fully saturated rings. The normalized spacial score (nSPS) is 25.1. The molecule has 1 saturated heterocycles. The Morgan fingerprint density at radius 2 is 1.94 bits per heavy atom. The molecule has 94 valence electrons. The third-order valence-corrected chi connectivity index (χ3v) is 3.59. The number of aryl methyl sites for hydroxylation is 1. The Bertz CT molecular complexity index is 379. The molecule has 2 unspecified atom stereocenters. The largest absolute Gasteiger partial charge is 0.356 e. The highest BCUT2D eigenvalue weighted by Crippen LogP contribution is 2.25. The Hall–Kier alpha value is -1.09. The standard InChI is InChI=1S/C14H23N3/c1-10-6-11(2)9-17(8-10)14-5-4-13(7-15)12(3)16-14/h4-5,10-11H,6-9,15H2,1-3H3. The average molecular weight is 233 g/mol. The molecule has 0 aromatic carbocycles. The summed E-state index contributed by atoms with van der Waals surface area (Å²) >= 11 is 0. The van der Waals surface area contributed by atoms with Gasteiger partial charge in [0.05, 0.1) is 0 Å². The third kappa shape index (κ3) is 2.78. The minimum atomic E-state index is 0.575. The zero-order valence-electron chi connectivity index (χ0n) is 11.1. The monoisotopic (exact) mass is 233 g/mol. The summed E-state index contributed by atoms with van der Waals surface area (Å²) in [6.45, 7) is 9.51. The molecule has 1 aromatic rings. The first-order chi connectivity index (χ1) is 8.10. The second kappa shape index (κ2) is 5.05. The van der Waals surface area contributed by atoms with Gasteiger partial charge in [0.15, 0.2) is 0 Å². The van der Waals surface area contributed by atoms with E-state index in [0.717, 1.165) is 42.0 Å². The topological polar surface area (TPSA) is 42.2 Å². The molecule has 2 heterocycles. The molecule has 2 N–H and O–H groups in total. The lowest BCUT2D eigenvalue weighted by Crippen LogP contribution is -2.39. The van der Waals surface area contributed by atoms with Crippen molar-refractivity contribution in [3.63, 3.8) is 0 Å². The average Bonchev–Trinajstić information content (AvgIpc) is 2.27. The van der Waals surface area contributed by atoms with Crippen LogP contribution in [0.25, 0.3) is 0 Å². The fourth-order valence-electron chi connectivity index (χ4n) is 2.82. The highest BCUT2D eigenvalue weighted by molar-refractivity contribution is 5.42. The summed E-state index contributed by atoms with van der Waals surface area (Å²) in [7, 11) is 0. The smallest absolute Gasteiger partial charge is 0.128 e. The second-order valence-corrected chi connectivity index (χ2v) is 5.47. The summed E-state index contributed by atoms with van der Waals surface area (Å²) < 4.78 is 0. The molecular weight excluding hydrogens is 210 g/mol. The predicted octanol–water partition coefficient (Wildman–Crippen LogP) is 2.33. The van der Waals surface area contributed by atoms with Crippen molar-refractivity contribution in [1.29, 1.82) is 0 Å². The van der Waals surface area contributed by atoms with Crippen LogP contribution in [0.4, 0.5) is 5.82 Å². The van der Waals surface area contributed by atoms with Gasteiger partial charge < -0.3 is 10.6 Å². The maximum Gasteiger partial charge on any atom is 0.128 e. The van der Waals surface area contributed by atoms with Crippen molar-refractivity contribution in [2.24, 2.45) is 17.6 Å². The Morgan fingerprint density at radius 3 is 2.47 bits per heavy atom. The number of nitrogens with two attached hydrogens (primary N) is 1. The summed E-state index contributed by atoms with van der Waals surface area (Å²) in [4.78, 5) is 7.09. The van der Waals surface area contributed by atoms with Crippen LogP contribution >= 0.6 is 0 Å². The molecule has 0 amide bonds. The maximum atomic E-state index is 5.67. The first kappa shape index (κ1) is 12.4. The quantitative estimate of drug-likeness (QED) is 0.852. The highest BCUT2D eigenvalue weighted by atomic mass is 15.2. The van der Waals surface area contributed by atoms with Gasteiger partial charge in [0, 0.05) is 25.3 Å². The minimum absolute atomic E-state index is 0.575. The molecule has 2 rings (SSSR count). The van der Waals surface area contributed by atoms with Crippen molar-refractivity contribution in [3.8, 4) is 0 Å². The van der Waals surface area contributed by atoms with E-state index in [1.165, 1.54) is 6.42 Å². The first-order valence-electron chi connectivity index (χ1n) is 6.51. The number of nitrogens with zero attached hydrogens (tertiary/aromatic N) is 2. The van der Waals surface area contributed by atoms with Crippen LogP contribution in [-0.4, -0.2) is 18.1 Å². The molecule has 3 heteroatoms. The lowest BCUT2D eigenvalue weighted by Gasteiger charge is -2.36. The van der Waals surface area contributed by atoms with Crippen LogP contribution in [0.1, 0.15) is 31.5 Å². The molecule has 3 nitrogen and oxygen atoms in total. The fourth-order valence-corrected chi connectivity index (χ4v) is 2.82. The van der Waals surface area contributed by atoms with Gasteiger partial charge in [-0.25, -0.2) is 4.98 Å². The lowest BCUT2D eigenvalue weighted by molar-refractivity contribution is 0.355. The van der Waals surface area contributed by atoms with Gasteiger partial charge >= 0.3 is 0 Å². The van der Waals surface area contributed by atoms with E-state index in [-0.39, 0.29) is 0 Å². The van der Waals surface area contributed by atoms with Crippen LogP contribution in [0.3, 0.4) is 0 Å². The summed E-state index contributed by atoms with van der Waals surface area (Å²) in [5, 5.41) is 0. The molecule has 0 saturated carbocycles. The summed E-state index contributed by atoms with van der Waals surface area (Å²) in [5.74, 6) is 2.63. The van der Waals surface area contributed by atoms with Gasteiger partial charge in [0.2, 0.25) is 0 Å². The van der Waals surface area contributed by atoms with E-state index < -0.39 is 0 Å². The Kier molecular flexibility index (Phi) is 3.67. The summed E-state index contributed by atoms with van der Waals surface area (Å²) in [5.41, 5.74) is 7.88. The van der Waals surface area contributed by atoms with E-state index in [4.69, 9.17) is 5.73 Å². The Balaban J connectivity index is 2.19. The van der Waals surface area contributed by atoms with Gasteiger partial charge in [-0.15, -0.1) is 0 Å². The number of hydrogen-bond donors (Lipinski definition) is 1. The third-order valence-electron chi connectivity index (χ3n) is 3.59. The van der Waals surface area contributed by atoms with Gasteiger partial charge in [0.1, 0.15) is 5.82 Å². The minimum Gasteiger partial charge on any atom is -0.356 e. The van der Waals surface area contributed by atoms with Crippen LogP contribution in [0.2, 0.25) is 0 Å². The number of aromatic nitrogens is 1. The fraction of sp³-hybridized carbons (Fsp3) is 0.643. The summed E-state index contributed by atoms with van der Waals surface area (Å²) in [6.07, 6.45) is 1.33. The van der Waals surface area contributed by atoms with Crippen molar-refractivity contribution in [3.05, 3.63) is 23.4 Å². The predicted molar refractivity (Wildman–Crippen MR) is 72.0 cm³/mol. The number of pyridine rings is 1. The molecule has 17 heavy (non-hydrogen) atoms. The first-order valence-corrected chi connectivity index (χ1v) is 6.51. The number of piperidine rings is 1. The molecule has 0 bridgehead atoms. The van der Waals surface area contributed by atoms with E-state index in [2.05, 4.69) is 35.9 Å². The van der Waals surface area contributed by atoms with Gasteiger partial charge in [-0.2, -0.15) is 0 Å². The second-order valence-electron chi connectivity index (χ2n) is 5.47. The van der Waals surface area contributed by atoms with Gasteiger partial charge in [-0.3, -0.25) is 0 Å². The molecule has 0 radical (unpaired) electrons. The van der Waals surface area contributed by atoms with E-state index in [1.54, 1.807) is 0 Å². The van der Waals surface area contributed by atoms with Crippen molar-refractivity contribution in [2.45, 2.75) is 33.7 Å². The van der Waals surface area contributed by atoms with Gasteiger partial charge in [-0.05, 0) is 36.8 Å². The van der Waals surface area contributed by atoms with Crippen molar-refractivity contribution in [1.82, 2.24) is 4.98 Å². The Morgan fingerprint density at radius 1 is 1.29 bits per heavy atom. The van der Waals surface area contributed by atoms with E-state index in [9.17, 15) is 0 Å². The van der Waals surface area contributed by atoms with Gasteiger partial charge in [-0.1, -0.05) is 19.9 Å². The molecular formula is C14H23N3. The SMILES string of the molecule is Cc1nc(N2CC(C)CC(C)C2)ccc1CN. The zero-order chi connectivity index (χ0) is 12.4. The van der Waals surface area contributed by atoms with Crippen molar-refractivity contribution >= 4 is 5.82 Å². The number of anilines is 1. The summed E-state index contributed by atoms with van der Waals surface area (Å²) in [6, 6.07) is 4.22. The number of hydrogen-bond acceptors (Lipinski definition) is 3. The van der Waals surface area contributed by atoms with Crippen LogP contribution in [0.15, 0.2) is 12.1 Å². The maximum absolute atomic E-state index is 5.67. The van der Waals surface area contributed by atoms with Crippen LogP contribution in [0, 0.1) is 18.8 Å². The highest BCUT2D eigenvalue weighted by Gasteiger charge is 2.22. The molecule has 1 aliphatic rings. The molecule has 0 spiro atoms. The Labute approximate surface area is 104 Å². The molecule has 1 aliphatic heterocycles. The van der Waals surface area contributed by atoms with Crippen LogP contribution in [0.5, 0.6) is 0 Å². The van der Waals surface area contributed by atoms with E-state index in [1.807, 2.05) is 6.92 Å². The lowest BCUT2D eigenvalue weighted by atomic mass is 9.92. The molecule has 0 aliphatic carbocycles. The molecule has 2 atom stereocenters. The van der Waals surface area contributed by atoms with Crippen LogP contribution < -0.4 is 10.6 Å². The van der Waals surface area contributed by atoms with Crippen LogP contribution in [-0.2, 0) is 6.54 Å². The van der Waals surface area contributed by atoms with Crippen molar-refractivity contribution < 1.29 is 0 Å².